The van der Waals surface area contributed by atoms with Crippen LogP contribution in [-0.2, 0) is 7.05 Å². The molecule has 1 fully saturated rings. The monoisotopic (exact) mass is 261 g/mol. The Morgan fingerprint density at radius 3 is 3.00 bits per heavy atom. The molecular weight excluding hydrogens is 246 g/mol. The third-order valence-electron chi connectivity index (χ3n) is 3.27. The van der Waals surface area contributed by atoms with E-state index in [0.29, 0.717) is 24.0 Å². The first-order valence-electron chi connectivity index (χ1n) is 6.26. The highest BCUT2D eigenvalue weighted by atomic mass is 16.5. The van der Waals surface area contributed by atoms with Gasteiger partial charge in [0.2, 0.25) is 5.89 Å². The van der Waals surface area contributed by atoms with Crippen molar-refractivity contribution in [2.45, 2.75) is 25.8 Å². The highest BCUT2D eigenvalue weighted by Gasteiger charge is 2.35. The second kappa shape index (κ2) is 4.49. The van der Waals surface area contributed by atoms with Crippen molar-refractivity contribution in [2.24, 2.45) is 7.05 Å². The van der Waals surface area contributed by atoms with E-state index in [9.17, 15) is 4.79 Å². The lowest BCUT2D eigenvalue weighted by molar-refractivity contribution is 0.0703. The van der Waals surface area contributed by atoms with E-state index in [-0.39, 0.29) is 11.9 Å². The summed E-state index contributed by atoms with van der Waals surface area (Å²) in [5, 5.41) is 7.94. The highest BCUT2D eigenvalue weighted by molar-refractivity contribution is 5.92. The first-order valence-corrected chi connectivity index (χ1v) is 6.26. The molecule has 0 spiro atoms. The summed E-state index contributed by atoms with van der Waals surface area (Å²) in [5.41, 5.74) is 0.450. The zero-order chi connectivity index (χ0) is 13.4. The molecule has 0 saturated carbocycles. The molecule has 0 radical (unpaired) electrons. The van der Waals surface area contributed by atoms with Crippen LogP contribution >= 0.6 is 0 Å². The third-order valence-corrected chi connectivity index (χ3v) is 3.27. The van der Waals surface area contributed by atoms with E-state index < -0.39 is 0 Å². The number of aromatic nitrogens is 4. The minimum Gasteiger partial charge on any atom is -0.337 e. The van der Waals surface area contributed by atoms with Crippen LogP contribution in [0.2, 0.25) is 0 Å². The largest absolute Gasteiger partial charge is 0.337 e. The van der Waals surface area contributed by atoms with Crippen LogP contribution in [0.15, 0.2) is 16.8 Å². The molecule has 100 valence electrons. The molecule has 19 heavy (non-hydrogen) atoms. The van der Waals surface area contributed by atoms with E-state index in [1.807, 2.05) is 0 Å². The average Bonchev–Trinajstić information content (AvgIpc) is 3.07. The maximum Gasteiger partial charge on any atom is 0.275 e. The number of carbonyl (C=O) groups is 1. The predicted molar refractivity (Wildman–Crippen MR) is 65.3 cm³/mol. The van der Waals surface area contributed by atoms with Crippen LogP contribution in [0.5, 0.6) is 0 Å². The molecule has 3 rings (SSSR count). The number of likely N-dealkylation sites (tertiary alicyclic amines) is 1. The molecule has 3 heterocycles. The standard InChI is InChI=1S/C12H15N5O2/c1-8-13-11(19-15-8)10-4-3-6-17(10)12(18)9-5-7-16(2)14-9/h5,7,10H,3-4,6H2,1-2H3/t10-/m1/s1. The van der Waals surface area contributed by atoms with Crippen LogP contribution in [0.1, 0.15) is 41.1 Å². The van der Waals surface area contributed by atoms with Gasteiger partial charge >= 0.3 is 0 Å². The Kier molecular flexibility index (Phi) is 2.81. The molecule has 7 heteroatoms. The molecule has 1 aliphatic heterocycles. The summed E-state index contributed by atoms with van der Waals surface area (Å²) in [6, 6.07) is 1.59. The summed E-state index contributed by atoms with van der Waals surface area (Å²) in [4.78, 5) is 18.4. The molecular formula is C12H15N5O2. The topological polar surface area (TPSA) is 77.0 Å². The van der Waals surface area contributed by atoms with E-state index in [0.717, 1.165) is 12.8 Å². The van der Waals surface area contributed by atoms with Crippen molar-refractivity contribution in [1.29, 1.82) is 0 Å². The van der Waals surface area contributed by atoms with Crippen molar-refractivity contribution >= 4 is 5.91 Å². The molecule has 0 N–H and O–H groups in total. The summed E-state index contributed by atoms with van der Waals surface area (Å²) in [6.45, 7) is 2.47. The number of hydrogen-bond donors (Lipinski definition) is 0. The van der Waals surface area contributed by atoms with Crippen molar-refractivity contribution < 1.29 is 9.32 Å². The molecule has 7 nitrogen and oxygen atoms in total. The van der Waals surface area contributed by atoms with Gasteiger partial charge in [-0.15, -0.1) is 0 Å². The lowest BCUT2D eigenvalue weighted by atomic mass is 10.2. The van der Waals surface area contributed by atoms with Crippen LogP contribution in [-0.4, -0.2) is 37.3 Å². The first kappa shape index (κ1) is 11.9. The van der Waals surface area contributed by atoms with E-state index >= 15 is 0 Å². The van der Waals surface area contributed by atoms with E-state index in [4.69, 9.17) is 4.52 Å². The lowest BCUT2D eigenvalue weighted by Gasteiger charge is -2.20. The second-order valence-electron chi connectivity index (χ2n) is 4.71. The van der Waals surface area contributed by atoms with Gasteiger partial charge in [-0.2, -0.15) is 10.1 Å². The Bertz CT molecular complexity index is 603. The quantitative estimate of drug-likeness (QED) is 0.808. The van der Waals surface area contributed by atoms with Gasteiger partial charge in [0.1, 0.15) is 11.7 Å². The number of amides is 1. The SMILES string of the molecule is Cc1noc([C@H]2CCCN2C(=O)c2ccn(C)n2)n1. The van der Waals surface area contributed by atoms with Crippen molar-refractivity contribution in [2.75, 3.05) is 6.54 Å². The van der Waals surface area contributed by atoms with Crippen LogP contribution in [0.4, 0.5) is 0 Å². The van der Waals surface area contributed by atoms with E-state index in [1.165, 1.54) is 0 Å². The normalized spacial score (nSPS) is 19.1. The van der Waals surface area contributed by atoms with Crippen molar-refractivity contribution in [3.8, 4) is 0 Å². The molecule has 0 aromatic carbocycles. The fourth-order valence-corrected chi connectivity index (χ4v) is 2.39. The van der Waals surface area contributed by atoms with Crippen molar-refractivity contribution in [3.05, 3.63) is 29.7 Å². The van der Waals surface area contributed by atoms with Gasteiger partial charge in [0, 0.05) is 19.8 Å². The van der Waals surface area contributed by atoms with Gasteiger partial charge in [0.15, 0.2) is 5.82 Å². The minimum atomic E-state index is -0.129. The fourth-order valence-electron chi connectivity index (χ4n) is 2.39. The fraction of sp³-hybridized carbons (Fsp3) is 0.500. The Morgan fingerprint density at radius 1 is 1.53 bits per heavy atom. The van der Waals surface area contributed by atoms with Crippen LogP contribution in [0, 0.1) is 6.92 Å². The summed E-state index contributed by atoms with van der Waals surface area (Å²) < 4.78 is 6.81. The highest BCUT2D eigenvalue weighted by Crippen LogP contribution is 2.31. The molecule has 2 aromatic heterocycles. The molecule has 0 unspecified atom stereocenters. The molecule has 0 aliphatic carbocycles. The van der Waals surface area contributed by atoms with Gasteiger partial charge in [0.05, 0.1) is 0 Å². The average molecular weight is 261 g/mol. The number of aryl methyl sites for hydroxylation is 2. The van der Waals surface area contributed by atoms with Gasteiger partial charge in [-0.1, -0.05) is 5.16 Å². The number of carbonyl (C=O) groups excluding carboxylic acids is 1. The van der Waals surface area contributed by atoms with Crippen LogP contribution < -0.4 is 0 Å². The lowest BCUT2D eigenvalue weighted by Crippen LogP contribution is -2.31. The minimum absolute atomic E-state index is 0.0843. The van der Waals surface area contributed by atoms with Gasteiger partial charge < -0.3 is 9.42 Å². The number of nitrogens with zero attached hydrogens (tertiary/aromatic N) is 5. The molecule has 1 amide bonds. The maximum absolute atomic E-state index is 12.4. The van der Waals surface area contributed by atoms with Crippen LogP contribution in [0.25, 0.3) is 0 Å². The van der Waals surface area contributed by atoms with Crippen LogP contribution in [0.3, 0.4) is 0 Å². The number of hydrogen-bond acceptors (Lipinski definition) is 5. The third kappa shape index (κ3) is 2.11. The summed E-state index contributed by atoms with van der Waals surface area (Å²) in [6.07, 6.45) is 3.54. The second-order valence-corrected chi connectivity index (χ2v) is 4.71. The van der Waals surface area contributed by atoms with Gasteiger partial charge in [-0.25, -0.2) is 0 Å². The first-order chi connectivity index (χ1) is 9.15. The summed E-state index contributed by atoms with van der Waals surface area (Å²) in [5.74, 6) is 1.02. The summed E-state index contributed by atoms with van der Waals surface area (Å²) >= 11 is 0. The summed E-state index contributed by atoms with van der Waals surface area (Å²) in [7, 11) is 1.79. The van der Waals surface area contributed by atoms with Gasteiger partial charge in [-0.3, -0.25) is 9.48 Å². The molecule has 1 atom stereocenters. The Hall–Kier alpha value is -2.18. The van der Waals surface area contributed by atoms with E-state index in [1.54, 1.807) is 35.8 Å². The predicted octanol–water partition coefficient (Wildman–Crippen LogP) is 1.09. The Labute approximate surface area is 110 Å². The van der Waals surface area contributed by atoms with E-state index in [2.05, 4.69) is 15.2 Å². The van der Waals surface area contributed by atoms with Gasteiger partial charge in [0.25, 0.3) is 5.91 Å². The Morgan fingerprint density at radius 2 is 2.37 bits per heavy atom. The number of rotatable bonds is 2. The molecule has 1 aliphatic rings. The Balaban J connectivity index is 1.85. The molecule has 0 bridgehead atoms. The molecule has 1 saturated heterocycles. The zero-order valence-electron chi connectivity index (χ0n) is 10.9. The zero-order valence-corrected chi connectivity index (χ0v) is 10.9. The van der Waals surface area contributed by atoms with Crippen molar-refractivity contribution in [3.63, 3.8) is 0 Å². The van der Waals surface area contributed by atoms with Gasteiger partial charge in [-0.05, 0) is 25.8 Å². The smallest absolute Gasteiger partial charge is 0.275 e. The van der Waals surface area contributed by atoms with Crippen molar-refractivity contribution in [1.82, 2.24) is 24.8 Å². The molecule has 2 aromatic rings. The maximum atomic E-state index is 12.4.